The first-order valence-electron chi connectivity index (χ1n) is 6.05. The minimum absolute atomic E-state index is 0.141. The lowest BCUT2D eigenvalue weighted by atomic mass is 9.70. The van der Waals surface area contributed by atoms with E-state index in [9.17, 15) is 4.39 Å². The lowest BCUT2D eigenvalue weighted by molar-refractivity contribution is 0.156. The quantitative estimate of drug-likeness (QED) is 0.821. The van der Waals surface area contributed by atoms with Crippen LogP contribution in [0, 0.1) is 18.2 Å². The van der Waals surface area contributed by atoms with Crippen molar-refractivity contribution in [2.45, 2.75) is 39.7 Å². The molecule has 0 saturated heterocycles. The second-order valence-electron chi connectivity index (χ2n) is 5.34. The lowest BCUT2D eigenvalue weighted by Crippen LogP contribution is -2.37. The highest BCUT2D eigenvalue weighted by atomic mass is 19.1. The van der Waals surface area contributed by atoms with Gasteiger partial charge >= 0.3 is 0 Å². The molecule has 1 nitrogen and oxygen atoms in total. The monoisotopic (exact) mass is 221 g/mol. The molecule has 0 aromatic heterocycles. The smallest absolute Gasteiger partial charge is 0.123 e. The molecule has 1 aliphatic carbocycles. The molecule has 0 aliphatic heterocycles. The number of aryl methyl sites for hydroxylation is 1. The molecule has 1 fully saturated rings. The third-order valence-corrected chi connectivity index (χ3v) is 3.74. The van der Waals surface area contributed by atoms with Gasteiger partial charge in [0.15, 0.2) is 0 Å². The van der Waals surface area contributed by atoms with Crippen molar-refractivity contribution < 1.29 is 4.39 Å². The summed E-state index contributed by atoms with van der Waals surface area (Å²) in [4.78, 5) is 0. The molecular formula is C14H20FN. The van der Waals surface area contributed by atoms with Crippen LogP contribution >= 0.6 is 0 Å². The third-order valence-electron chi connectivity index (χ3n) is 3.74. The maximum atomic E-state index is 13.1. The van der Waals surface area contributed by atoms with Gasteiger partial charge in [-0.05, 0) is 48.4 Å². The Morgan fingerprint density at radius 1 is 1.38 bits per heavy atom. The van der Waals surface area contributed by atoms with Gasteiger partial charge in [0, 0.05) is 13.1 Å². The summed E-state index contributed by atoms with van der Waals surface area (Å²) in [5.74, 6) is -0.141. The number of hydrogen-bond acceptors (Lipinski definition) is 1. The van der Waals surface area contributed by atoms with Crippen molar-refractivity contribution in [2.24, 2.45) is 5.41 Å². The Bertz CT molecular complexity index is 369. The number of hydrogen-bond donors (Lipinski definition) is 1. The number of halogens is 1. The van der Waals surface area contributed by atoms with Crippen LogP contribution in [0.15, 0.2) is 18.2 Å². The first kappa shape index (κ1) is 11.6. The zero-order valence-electron chi connectivity index (χ0n) is 10.1. The van der Waals surface area contributed by atoms with Crippen molar-refractivity contribution in [3.8, 4) is 0 Å². The van der Waals surface area contributed by atoms with Gasteiger partial charge < -0.3 is 5.32 Å². The predicted molar refractivity (Wildman–Crippen MR) is 64.8 cm³/mol. The Morgan fingerprint density at radius 2 is 2.12 bits per heavy atom. The first-order valence-corrected chi connectivity index (χ1v) is 6.05. The van der Waals surface area contributed by atoms with Gasteiger partial charge in [-0.15, -0.1) is 0 Å². The molecule has 0 radical (unpaired) electrons. The standard InChI is InChI=1S/C14H20FN/c1-11-4-5-13(15)8-12(11)9-16-10-14(2)6-3-7-14/h4-5,8,16H,3,6-7,9-10H2,1-2H3. The van der Waals surface area contributed by atoms with Crippen molar-refractivity contribution in [1.82, 2.24) is 5.32 Å². The normalized spacial score (nSPS) is 18.2. The zero-order valence-corrected chi connectivity index (χ0v) is 10.1. The van der Waals surface area contributed by atoms with E-state index in [1.807, 2.05) is 13.0 Å². The molecule has 0 heterocycles. The summed E-state index contributed by atoms with van der Waals surface area (Å²) < 4.78 is 13.1. The Morgan fingerprint density at radius 3 is 2.75 bits per heavy atom. The summed E-state index contributed by atoms with van der Waals surface area (Å²) in [6.45, 7) is 6.17. The summed E-state index contributed by atoms with van der Waals surface area (Å²) in [6.07, 6.45) is 4.00. The molecule has 0 atom stereocenters. The van der Waals surface area contributed by atoms with Gasteiger partial charge in [-0.3, -0.25) is 0 Å². The minimum atomic E-state index is -0.141. The first-order chi connectivity index (χ1) is 7.59. The summed E-state index contributed by atoms with van der Waals surface area (Å²) in [5.41, 5.74) is 2.72. The fourth-order valence-electron chi connectivity index (χ4n) is 2.29. The summed E-state index contributed by atoms with van der Waals surface area (Å²) in [6, 6.07) is 4.99. The van der Waals surface area contributed by atoms with Gasteiger partial charge in [-0.1, -0.05) is 19.4 Å². The molecule has 1 aliphatic rings. The summed E-state index contributed by atoms with van der Waals surface area (Å²) in [7, 11) is 0. The number of rotatable bonds is 4. The van der Waals surface area contributed by atoms with Crippen molar-refractivity contribution in [1.29, 1.82) is 0 Å². The van der Waals surface area contributed by atoms with Gasteiger partial charge in [0.05, 0.1) is 0 Å². The Kier molecular flexibility index (Phi) is 3.29. The molecule has 16 heavy (non-hydrogen) atoms. The van der Waals surface area contributed by atoms with Crippen LogP contribution in [0.5, 0.6) is 0 Å². The second kappa shape index (κ2) is 4.54. The minimum Gasteiger partial charge on any atom is -0.312 e. The highest BCUT2D eigenvalue weighted by Crippen LogP contribution is 2.39. The van der Waals surface area contributed by atoms with Gasteiger partial charge in [-0.2, -0.15) is 0 Å². The molecule has 0 amide bonds. The van der Waals surface area contributed by atoms with E-state index >= 15 is 0 Å². The molecule has 0 bridgehead atoms. The summed E-state index contributed by atoms with van der Waals surface area (Å²) >= 11 is 0. The van der Waals surface area contributed by atoms with Gasteiger partial charge in [0.2, 0.25) is 0 Å². The second-order valence-corrected chi connectivity index (χ2v) is 5.34. The molecule has 1 N–H and O–H groups in total. The van der Waals surface area contributed by atoms with Crippen LogP contribution in [-0.2, 0) is 6.54 Å². The average Bonchev–Trinajstić information content (AvgIpc) is 2.21. The largest absolute Gasteiger partial charge is 0.312 e. The molecule has 1 saturated carbocycles. The molecule has 2 heteroatoms. The van der Waals surface area contributed by atoms with Crippen molar-refractivity contribution >= 4 is 0 Å². The maximum Gasteiger partial charge on any atom is 0.123 e. The number of benzene rings is 1. The molecule has 0 spiro atoms. The van der Waals surface area contributed by atoms with E-state index in [1.165, 1.54) is 25.3 Å². The van der Waals surface area contributed by atoms with Gasteiger partial charge in [0.1, 0.15) is 5.82 Å². The van der Waals surface area contributed by atoms with Crippen molar-refractivity contribution in [2.75, 3.05) is 6.54 Å². The molecule has 1 aromatic rings. The van der Waals surface area contributed by atoms with E-state index in [2.05, 4.69) is 12.2 Å². The maximum absolute atomic E-state index is 13.1. The zero-order chi connectivity index (χ0) is 11.6. The van der Waals surface area contributed by atoms with Crippen LogP contribution in [0.4, 0.5) is 4.39 Å². The molecule has 0 unspecified atom stereocenters. The lowest BCUT2D eigenvalue weighted by Gasteiger charge is -2.38. The topological polar surface area (TPSA) is 12.0 Å². The number of nitrogens with one attached hydrogen (secondary N) is 1. The highest BCUT2D eigenvalue weighted by Gasteiger charge is 2.30. The van der Waals surface area contributed by atoms with E-state index in [-0.39, 0.29) is 5.82 Å². The van der Waals surface area contributed by atoms with Crippen LogP contribution in [0.3, 0.4) is 0 Å². The predicted octanol–water partition coefficient (Wildman–Crippen LogP) is 3.41. The van der Waals surface area contributed by atoms with Crippen LogP contribution in [0.1, 0.15) is 37.3 Å². The SMILES string of the molecule is Cc1ccc(F)cc1CNCC1(C)CCC1. The van der Waals surface area contributed by atoms with Crippen LogP contribution < -0.4 is 5.32 Å². The van der Waals surface area contributed by atoms with Crippen LogP contribution in [0.25, 0.3) is 0 Å². The van der Waals surface area contributed by atoms with Gasteiger partial charge in [-0.25, -0.2) is 4.39 Å². The van der Waals surface area contributed by atoms with Crippen molar-refractivity contribution in [3.63, 3.8) is 0 Å². The molecule has 88 valence electrons. The van der Waals surface area contributed by atoms with E-state index < -0.39 is 0 Å². The average molecular weight is 221 g/mol. The fourth-order valence-corrected chi connectivity index (χ4v) is 2.29. The van der Waals surface area contributed by atoms with E-state index in [4.69, 9.17) is 0 Å². The molecular weight excluding hydrogens is 201 g/mol. The van der Waals surface area contributed by atoms with Gasteiger partial charge in [0.25, 0.3) is 0 Å². The van der Waals surface area contributed by atoms with E-state index in [0.29, 0.717) is 5.41 Å². The highest BCUT2D eigenvalue weighted by molar-refractivity contribution is 5.26. The molecule has 2 rings (SSSR count). The summed E-state index contributed by atoms with van der Waals surface area (Å²) in [5, 5.41) is 3.45. The van der Waals surface area contributed by atoms with Crippen LogP contribution in [-0.4, -0.2) is 6.54 Å². The van der Waals surface area contributed by atoms with E-state index in [1.54, 1.807) is 6.07 Å². The Hall–Kier alpha value is -0.890. The fraction of sp³-hybridized carbons (Fsp3) is 0.571. The molecule has 1 aromatic carbocycles. The Balaban J connectivity index is 1.87. The Labute approximate surface area is 97.1 Å². The van der Waals surface area contributed by atoms with Crippen LogP contribution in [0.2, 0.25) is 0 Å². The van der Waals surface area contributed by atoms with E-state index in [0.717, 1.165) is 24.2 Å². The third kappa shape index (κ3) is 2.62. The van der Waals surface area contributed by atoms with Crippen molar-refractivity contribution in [3.05, 3.63) is 35.1 Å².